The molecule has 1 aromatic rings. The second-order valence-corrected chi connectivity index (χ2v) is 4.60. The van der Waals surface area contributed by atoms with Gasteiger partial charge in [-0.25, -0.2) is 4.98 Å². The van der Waals surface area contributed by atoms with Gasteiger partial charge in [-0.1, -0.05) is 24.4 Å². The van der Waals surface area contributed by atoms with Gasteiger partial charge < -0.3 is 5.32 Å². The van der Waals surface area contributed by atoms with Crippen LogP contribution in [0.1, 0.15) is 29.6 Å². The summed E-state index contributed by atoms with van der Waals surface area (Å²) in [5.41, 5.74) is -0.487. The van der Waals surface area contributed by atoms with E-state index < -0.39 is 16.5 Å². The third kappa shape index (κ3) is 2.95. The Hall–Kier alpha value is -1.69. The molecule has 0 aromatic carbocycles. The molecule has 0 saturated heterocycles. The van der Waals surface area contributed by atoms with Crippen LogP contribution in [0.25, 0.3) is 0 Å². The molecule has 6 nitrogen and oxygen atoms in total. The molecule has 1 N–H and O–H groups in total. The Kier molecular flexibility index (Phi) is 3.76. The Labute approximate surface area is 109 Å². The van der Waals surface area contributed by atoms with Crippen LogP contribution < -0.4 is 5.32 Å². The molecule has 0 atom stereocenters. The Bertz CT molecular complexity index is 488. The molecule has 1 saturated carbocycles. The minimum atomic E-state index is -0.689. The van der Waals surface area contributed by atoms with Gasteiger partial charge in [-0.2, -0.15) is 0 Å². The van der Waals surface area contributed by atoms with Crippen LogP contribution in [-0.4, -0.2) is 22.4 Å². The summed E-state index contributed by atoms with van der Waals surface area (Å²) in [4.78, 5) is 25.6. The Morgan fingerprint density at radius 1 is 1.61 bits per heavy atom. The minimum Gasteiger partial charge on any atom is -0.352 e. The highest BCUT2D eigenvalue weighted by molar-refractivity contribution is 6.32. The average Bonchev–Trinajstić information content (AvgIpc) is 3.12. The second-order valence-electron chi connectivity index (χ2n) is 4.24. The van der Waals surface area contributed by atoms with Gasteiger partial charge >= 0.3 is 5.69 Å². The number of hydrogen-bond donors (Lipinski definition) is 1. The Morgan fingerprint density at radius 3 is 2.94 bits per heavy atom. The van der Waals surface area contributed by atoms with Crippen LogP contribution >= 0.6 is 11.6 Å². The monoisotopic (exact) mass is 269 g/mol. The number of halogens is 1. The van der Waals surface area contributed by atoms with E-state index in [1.54, 1.807) is 0 Å². The summed E-state index contributed by atoms with van der Waals surface area (Å²) in [6.07, 6.45) is 4.61. The van der Waals surface area contributed by atoms with Crippen LogP contribution in [0.2, 0.25) is 5.15 Å². The molecule has 0 unspecified atom stereocenters. The van der Waals surface area contributed by atoms with Gasteiger partial charge in [0.2, 0.25) is 5.15 Å². The Balaban J connectivity index is 2.08. The number of amides is 1. The SMILES string of the molecule is O=C(NCCC1CC1)c1ccnc(Cl)c1[N+](=O)[O-]. The van der Waals surface area contributed by atoms with Crippen LogP contribution in [-0.2, 0) is 0 Å². The topological polar surface area (TPSA) is 85.1 Å². The summed E-state index contributed by atoms with van der Waals surface area (Å²) in [6, 6.07) is 1.30. The number of nitrogens with zero attached hydrogens (tertiary/aromatic N) is 2. The highest BCUT2D eigenvalue weighted by Gasteiger charge is 2.25. The van der Waals surface area contributed by atoms with Crippen LogP contribution in [0.4, 0.5) is 5.69 Å². The van der Waals surface area contributed by atoms with E-state index in [1.165, 1.54) is 25.1 Å². The molecule has 7 heteroatoms. The maximum atomic E-state index is 11.8. The van der Waals surface area contributed by atoms with Crippen molar-refractivity contribution in [1.29, 1.82) is 0 Å². The van der Waals surface area contributed by atoms with E-state index in [9.17, 15) is 14.9 Å². The number of hydrogen-bond acceptors (Lipinski definition) is 4. The lowest BCUT2D eigenvalue weighted by Gasteiger charge is -2.05. The molecule has 1 aliphatic rings. The standard InChI is InChI=1S/C11H12ClN3O3/c12-10-9(15(17)18)8(4-6-13-10)11(16)14-5-3-7-1-2-7/h4,6-7H,1-3,5H2,(H,14,16). The summed E-state index contributed by atoms with van der Waals surface area (Å²) in [5, 5.41) is 13.2. The molecule has 1 fully saturated rings. The zero-order chi connectivity index (χ0) is 13.1. The van der Waals surface area contributed by atoms with Crippen molar-refractivity contribution in [3.8, 4) is 0 Å². The Morgan fingerprint density at radius 2 is 2.33 bits per heavy atom. The molecule has 1 aromatic heterocycles. The van der Waals surface area contributed by atoms with Gasteiger partial charge in [0, 0.05) is 12.7 Å². The van der Waals surface area contributed by atoms with Crippen LogP contribution in [0.3, 0.4) is 0 Å². The lowest BCUT2D eigenvalue weighted by Crippen LogP contribution is -2.25. The molecule has 1 heterocycles. The lowest BCUT2D eigenvalue weighted by molar-refractivity contribution is -0.385. The van der Waals surface area contributed by atoms with Crippen LogP contribution in [0, 0.1) is 16.0 Å². The summed E-state index contributed by atoms with van der Waals surface area (Å²) in [6.45, 7) is 0.528. The third-order valence-electron chi connectivity index (χ3n) is 2.84. The molecule has 18 heavy (non-hydrogen) atoms. The molecule has 96 valence electrons. The maximum Gasteiger partial charge on any atom is 0.319 e. The fourth-order valence-electron chi connectivity index (χ4n) is 1.68. The maximum absolute atomic E-state index is 11.8. The van der Waals surface area contributed by atoms with Crippen molar-refractivity contribution >= 4 is 23.2 Å². The van der Waals surface area contributed by atoms with Gasteiger partial charge in [0.1, 0.15) is 5.56 Å². The number of carbonyl (C=O) groups excluding carboxylic acids is 1. The molecular formula is C11H12ClN3O3. The van der Waals surface area contributed by atoms with Crippen molar-refractivity contribution in [3.05, 3.63) is 33.1 Å². The number of nitrogens with one attached hydrogen (secondary N) is 1. The average molecular weight is 270 g/mol. The number of rotatable bonds is 5. The molecule has 2 rings (SSSR count). The summed E-state index contributed by atoms with van der Waals surface area (Å²) in [5.74, 6) is 0.216. The van der Waals surface area contributed by atoms with E-state index >= 15 is 0 Å². The van der Waals surface area contributed by atoms with Gasteiger partial charge in [0.25, 0.3) is 5.91 Å². The van der Waals surface area contributed by atoms with Crippen molar-refractivity contribution in [3.63, 3.8) is 0 Å². The van der Waals surface area contributed by atoms with Crippen molar-refractivity contribution in [2.75, 3.05) is 6.54 Å². The summed E-state index contributed by atoms with van der Waals surface area (Å²) >= 11 is 5.63. The zero-order valence-electron chi connectivity index (χ0n) is 9.56. The van der Waals surface area contributed by atoms with E-state index in [2.05, 4.69) is 10.3 Å². The first kappa shape index (κ1) is 12.8. The van der Waals surface area contributed by atoms with Gasteiger partial charge in [-0.3, -0.25) is 14.9 Å². The fraction of sp³-hybridized carbons (Fsp3) is 0.455. The predicted molar refractivity (Wildman–Crippen MR) is 65.6 cm³/mol. The van der Waals surface area contributed by atoms with Gasteiger partial charge in [-0.05, 0) is 18.4 Å². The van der Waals surface area contributed by atoms with Crippen LogP contribution in [0.15, 0.2) is 12.3 Å². The predicted octanol–water partition coefficient (Wildman–Crippen LogP) is 2.17. The first-order chi connectivity index (χ1) is 8.59. The van der Waals surface area contributed by atoms with Gasteiger partial charge in [0.05, 0.1) is 4.92 Å². The number of carbonyl (C=O) groups is 1. The highest BCUT2D eigenvalue weighted by Crippen LogP contribution is 2.31. The first-order valence-corrected chi connectivity index (χ1v) is 6.04. The molecule has 0 bridgehead atoms. The van der Waals surface area contributed by atoms with Crippen LogP contribution in [0.5, 0.6) is 0 Å². The molecule has 1 amide bonds. The summed E-state index contributed by atoms with van der Waals surface area (Å²) < 4.78 is 0. The van der Waals surface area contributed by atoms with E-state index in [0.717, 1.165) is 6.42 Å². The molecular weight excluding hydrogens is 258 g/mol. The first-order valence-electron chi connectivity index (χ1n) is 5.66. The third-order valence-corrected chi connectivity index (χ3v) is 3.12. The second kappa shape index (κ2) is 5.30. The lowest BCUT2D eigenvalue weighted by atomic mass is 10.2. The van der Waals surface area contributed by atoms with E-state index in [1.807, 2.05) is 0 Å². The van der Waals surface area contributed by atoms with Gasteiger partial charge in [-0.15, -0.1) is 0 Å². The normalized spacial score (nSPS) is 14.3. The number of aromatic nitrogens is 1. The molecule has 1 aliphatic carbocycles. The van der Waals surface area contributed by atoms with E-state index in [0.29, 0.717) is 12.5 Å². The largest absolute Gasteiger partial charge is 0.352 e. The quantitative estimate of drug-likeness (QED) is 0.504. The van der Waals surface area contributed by atoms with Gasteiger partial charge in [0.15, 0.2) is 0 Å². The minimum absolute atomic E-state index is 0.0456. The highest BCUT2D eigenvalue weighted by atomic mass is 35.5. The smallest absolute Gasteiger partial charge is 0.319 e. The van der Waals surface area contributed by atoms with Crippen molar-refractivity contribution in [2.24, 2.45) is 5.92 Å². The van der Waals surface area contributed by atoms with Crippen molar-refractivity contribution < 1.29 is 9.72 Å². The number of nitro groups is 1. The summed E-state index contributed by atoms with van der Waals surface area (Å²) in [7, 11) is 0. The fourth-order valence-corrected chi connectivity index (χ4v) is 1.90. The van der Waals surface area contributed by atoms with E-state index in [-0.39, 0.29) is 10.7 Å². The number of pyridine rings is 1. The molecule has 0 radical (unpaired) electrons. The molecule has 0 aliphatic heterocycles. The zero-order valence-corrected chi connectivity index (χ0v) is 10.3. The van der Waals surface area contributed by atoms with Crippen molar-refractivity contribution in [1.82, 2.24) is 10.3 Å². The van der Waals surface area contributed by atoms with E-state index in [4.69, 9.17) is 11.6 Å². The molecule has 0 spiro atoms. The van der Waals surface area contributed by atoms with Crippen molar-refractivity contribution in [2.45, 2.75) is 19.3 Å².